The number of hydrogen-bond acceptors (Lipinski definition) is 3. The molecule has 3 nitrogen and oxygen atoms in total. The van der Waals surface area contributed by atoms with E-state index in [-0.39, 0.29) is 0 Å². The Morgan fingerprint density at radius 3 is 1.88 bits per heavy atom. The Morgan fingerprint density at radius 2 is 1.05 bits per heavy atom. The van der Waals surface area contributed by atoms with Crippen molar-refractivity contribution in [2.24, 2.45) is 0 Å². The molecule has 2 heterocycles. The molecule has 3 heteroatoms. The van der Waals surface area contributed by atoms with Crippen LogP contribution in [0.2, 0.25) is 0 Å². The minimum absolute atomic E-state index is 0.440. The zero-order chi connectivity index (χ0) is 26.3. The van der Waals surface area contributed by atoms with E-state index in [9.17, 15) is 0 Å². The van der Waals surface area contributed by atoms with Crippen LogP contribution in [0.15, 0.2) is 138 Å². The first-order valence-corrected chi connectivity index (χ1v) is 13.6. The SMILES string of the molecule is c1ccc2c(c1)Oc1ccccc1C21c2ccccc2-c2cc(Nc3ccc4oc5ccccc5c4c3)ccc21. The van der Waals surface area contributed by atoms with Gasteiger partial charge in [-0.05, 0) is 70.8 Å². The van der Waals surface area contributed by atoms with Crippen LogP contribution in [-0.2, 0) is 5.41 Å². The molecule has 0 unspecified atom stereocenters. The van der Waals surface area contributed by atoms with Gasteiger partial charge in [-0.25, -0.2) is 0 Å². The van der Waals surface area contributed by atoms with Crippen LogP contribution in [0.5, 0.6) is 11.5 Å². The molecule has 1 aliphatic heterocycles. The summed E-state index contributed by atoms with van der Waals surface area (Å²) in [4.78, 5) is 0. The maximum atomic E-state index is 6.44. The van der Waals surface area contributed by atoms with Crippen molar-refractivity contribution in [1.29, 1.82) is 0 Å². The molecule has 0 saturated heterocycles. The lowest BCUT2D eigenvalue weighted by Gasteiger charge is -2.39. The van der Waals surface area contributed by atoms with Gasteiger partial charge in [-0.3, -0.25) is 0 Å². The van der Waals surface area contributed by atoms with Gasteiger partial charge in [0.05, 0.1) is 5.41 Å². The monoisotopic (exact) mass is 513 g/mol. The van der Waals surface area contributed by atoms with Gasteiger partial charge in [-0.1, -0.05) is 84.9 Å². The summed E-state index contributed by atoms with van der Waals surface area (Å²) in [6.45, 7) is 0. The van der Waals surface area contributed by atoms with Gasteiger partial charge in [0.2, 0.25) is 0 Å². The van der Waals surface area contributed by atoms with E-state index < -0.39 is 5.41 Å². The molecular weight excluding hydrogens is 490 g/mol. The summed E-state index contributed by atoms with van der Waals surface area (Å²) in [5, 5.41) is 5.91. The highest BCUT2D eigenvalue weighted by atomic mass is 16.5. The molecule has 1 aliphatic carbocycles. The third kappa shape index (κ3) is 2.79. The van der Waals surface area contributed by atoms with E-state index in [1.165, 1.54) is 33.4 Å². The summed E-state index contributed by atoms with van der Waals surface area (Å²) in [6.07, 6.45) is 0. The highest BCUT2D eigenvalue weighted by Gasteiger charge is 2.50. The minimum atomic E-state index is -0.440. The number of fused-ring (bicyclic) bond motifs is 12. The molecule has 1 N–H and O–H groups in total. The highest BCUT2D eigenvalue weighted by Crippen LogP contribution is 2.62. The van der Waals surface area contributed by atoms with E-state index in [0.717, 1.165) is 44.8 Å². The van der Waals surface area contributed by atoms with Crippen LogP contribution in [-0.4, -0.2) is 0 Å². The third-order valence-electron chi connectivity index (χ3n) is 8.51. The zero-order valence-corrected chi connectivity index (χ0v) is 21.5. The third-order valence-corrected chi connectivity index (χ3v) is 8.51. The minimum Gasteiger partial charge on any atom is -0.457 e. The second-order valence-corrected chi connectivity index (χ2v) is 10.6. The fourth-order valence-corrected chi connectivity index (χ4v) is 6.91. The zero-order valence-electron chi connectivity index (χ0n) is 21.5. The fourth-order valence-electron chi connectivity index (χ4n) is 6.91. The molecule has 0 atom stereocenters. The molecule has 0 fully saturated rings. The van der Waals surface area contributed by atoms with E-state index >= 15 is 0 Å². The van der Waals surface area contributed by atoms with Gasteiger partial charge < -0.3 is 14.5 Å². The standard InChI is InChI=1S/C37H23NO2/c1-3-11-29-25(9-1)27-21-23(38-24-18-20-34-28(22-24)26-10-2-6-14-33(26)39-34)17-19-30(27)37(29)31-12-4-7-15-35(31)40-36-16-8-5-13-32(36)37/h1-22,38H. The summed E-state index contributed by atoms with van der Waals surface area (Å²) in [5.74, 6) is 1.82. The van der Waals surface area contributed by atoms with Gasteiger partial charge in [0.1, 0.15) is 22.7 Å². The van der Waals surface area contributed by atoms with Crippen LogP contribution >= 0.6 is 0 Å². The van der Waals surface area contributed by atoms with Crippen LogP contribution in [0.1, 0.15) is 22.3 Å². The van der Waals surface area contributed by atoms with Crippen molar-refractivity contribution < 1.29 is 9.15 Å². The first-order chi connectivity index (χ1) is 19.8. The fraction of sp³-hybridized carbons (Fsp3) is 0.0270. The second kappa shape index (κ2) is 7.87. The Labute approximate surface area is 231 Å². The van der Waals surface area contributed by atoms with Gasteiger partial charge in [0.15, 0.2) is 0 Å². The van der Waals surface area contributed by atoms with Crippen LogP contribution < -0.4 is 10.1 Å². The first kappa shape index (κ1) is 21.6. The lowest BCUT2D eigenvalue weighted by molar-refractivity contribution is 0.436. The van der Waals surface area contributed by atoms with Gasteiger partial charge in [-0.15, -0.1) is 0 Å². The van der Waals surface area contributed by atoms with E-state index in [1.54, 1.807) is 0 Å². The Hall–Kier alpha value is -5.28. The van der Waals surface area contributed by atoms with E-state index in [0.29, 0.717) is 0 Å². The molecule has 1 spiro atoms. The van der Waals surface area contributed by atoms with Crippen molar-refractivity contribution in [2.75, 3.05) is 5.32 Å². The number of nitrogens with one attached hydrogen (secondary N) is 1. The summed E-state index contributed by atoms with van der Waals surface area (Å²) in [7, 11) is 0. The average Bonchev–Trinajstić information content (AvgIpc) is 3.51. The number of para-hydroxylation sites is 3. The van der Waals surface area contributed by atoms with Gasteiger partial charge in [0, 0.05) is 33.3 Å². The largest absolute Gasteiger partial charge is 0.457 e. The Morgan fingerprint density at radius 1 is 0.450 bits per heavy atom. The maximum absolute atomic E-state index is 6.44. The molecule has 2 aliphatic rings. The summed E-state index contributed by atoms with van der Waals surface area (Å²) in [6, 6.07) is 47.0. The predicted octanol–water partition coefficient (Wildman–Crippen LogP) is 9.80. The summed E-state index contributed by atoms with van der Waals surface area (Å²) >= 11 is 0. The molecule has 0 radical (unpaired) electrons. The Balaban J connectivity index is 1.24. The van der Waals surface area contributed by atoms with Crippen molar-refractivity contribution in [1.82, 2.24) is 0 Å². The number of benzene rings is 6. The average molecular weight is 514 g/mol. The van der Waals surface area contributed by atoms with Crippen LogP contribution in [0.25, 0.3) is 33.1 Å². The predicted molar refractivity (Wildman–Crippen MR) is 161 cm³/mol. The van der Waals surface area contributed by atoms with Gasteiger partial charge in [0.25, 0.3) is 0 Å². The van der Waals surface area contributed by atoms with Crippen molar-refractivity contribution in [3.8, 4) is 22.6 Å². The molecule has 6 aromatic carbocycles. The molecule has 40 heavy (non-hydrogen) atoms. The smallest absolute Gasteiger partial charge is 0.135 e. The van der Waals surface area contributed by atoms with E-state index in [2.05, 4.69) is 121 Å². The summed E-state index contributed by atoms with van der Waals surface area (Å²) < 4.78 is 12.5. The van der Waals surface area contributed by atoms with E-state index in [4.69, 9.17) is 9.15 Å². The van der Waals surface area contributed by atoms with Gasteiger partial charge >= 0.3 is 0 Å². The van der Waals surface area contributed by atoms with E-state index in [1.807, 2.05) is 18.2 Å². The van der Waals surface area contributed by atoms with Crippen LogP contribution in [0.3, 0.4) is 0 Å². The normalized spacial score (nSPS) is 13.9. The van der Waals surface area contributed by atoms with Crippen molar-refractivity contribution >= 4 is 33.3 Å². The topological polar surface area (TPSA) is 34.4 Å². The molecule has 9 rings (SSSR count). The van der Waals surface area contributed by atoms with Crippen molar-refractivity contribution in [3.63, 3.8) is 0 Å². The highest BCUT2D eigenvalue weighted by molar-refractivity contribution is 6.06. The molecule has 0 saturated carbocycles. The molecule has 0 amide bonds. The number of rotatable bonds is 2. The number of ether oxygens (including phenoxy) is 1. The number of hydrogen-bond donors (Lipinski definition) is 1. The van der Waals surface area contributed by atoms with Crippen LogP contribution in [0.4, 0.5) is 11.4 Å². The maximum Gasteiger partial charge on any atom is 0.135 e. The first-order valence-electron chi connectivity index (χ1n) is 13.6. The molecular formula is C37H23NO2. The molecule has 188 valence electrons. The molecule has 0 bridgehead atoms. The molecule has 7 aromatic rings. The number of anilines is 2. The lowest BCUT2D eigenvalue weighted by Crippen LogP contribution is -2.32. The Bertz CT molecular complexity index is 2090. The lowest BCUT2D eigenvalue weighted by atomic mass is 9.66. The van der Waals surface area contributed by atoms with Crippen molar-refractivity contribution in [2.45, 2.75) is 5.41 Å². The second-order valence-electron chi connectivity index (χ2n) is 10.6. The quantitative estimate of drug-likeness (QED) is 0.250. The van der Waals surface area contributed by atoms with Crippen LogP contribution in [0, 0.1) is 0 Å². The number of furan rings is 1. The van der Waals surface area contributed by atoms with Gasteiger partial charge in [-0.2, -0.15) is 0 Å². The summed E-state index contributed by atoms with van der Waals surface area (Å²) in [5.41, 5.74) is 10.9. The van der Waals surface area contributed by atoms with Crippen molar-refractivity contribution in [3.05, 3.63) is 156 Å². The molecule has 1 aromatic heterocycles. The Kier molecular flexibility index (Phi) is 4.26.